The van der Waals surface area contributed by atoms with E-state index in [9.17, 15) is 4.79 Å². The van der Waals surface area contributed by atoms with E-state index < -0.39 is 0 Å². The molecule has 0 bridgehead atoms. The van der Waals surface area contributed by atoms with E-state index in [1.54, 1.807) is 6.20 Å². The fourth-order valence-electron chi connectivity index (χ4n) is 3.55. The van der Waals surface area contributed by atoms with Crippen molar-refractivity contribution in [3.05, 3.63) is 18.0 Å². The minimum absolute atomic E-state index is 0.0881. The van der Waals surface area contributed by atoms with Crippen LogP contribution in [0.25, 0.3) is 0 Å². The third kappa shape index (κ3) is 4.95. The first-order chi connectivity index (χ1) is 11.8. The smallest absolute Gasteiger partial charge is 0.317 e. The number of hydrogen-bond donors (Lipinski definition) is 2. The normalized spacial score (nSPS) is 22.5. The van der Waals surface area contributed by atoms with Crippen LogP contribution in [-0.4, -0.2) is 78.0 Å². The molecule has 7 heteroatoms. The van der Waals surface area contributed by atoms with Gasteiger partial charge < -0.3 is 15.0 Å². The van der Waals surface area contributed by atoms with Crippen LogP contribution in [0.15, 0.2) is 12.4 Å². The Bertz CT molecular complexity index is 487. The van der Waals surface area contributed by atoms with E-state index >= 15 is 0 Å². The number of rotatable bonds is 6. The summed E-state index contributed by atoms with van der Waals surface area (Å²) in [6.07, 6.45) is 9.02. The minimum Gasteiger partial charge on any atom is -0.379 e. The molecule has 0 radical (unpaired) electrons. The first-order valence-corrected chi connectivity index (χ1v) is 9.15. The fraction of sp³-hybridized carbons (Fsp3) is 0.765. The Morgan fingerprint density at radius 2 is 2.21 bits per heavy atom. The van der Waals surface area contributed by atoms with Crippen molar-refractivity contribution in [2.45, 2.75) is 38.1 Å². The predicted octanol–water partition coefficient (Wildman–Crippen LogP) is 1.24. The summed E-state index contributed by atoms with van der Waals surface area (Å²) in [6.45, 7) is 6.31. The van der Waals surface area contributed by atoms with Gasteiger partial charge in [-0.15, -0.1) is 0 Å². The van der Waals surface area contributed by atoms with Crippen LogP contribution < -0.4 is 5.32 Å². The van der Waals surface area contributed by atoms with Crippen LogP contribution in [0.3, 0.4) is 0 Å². The third-order valence-corrected chi connectivity index (χ3v) is 5.02. The van der Waals surface area contributed by atoms with Gasteiger partial charge in [-0.05, 0) is 37.7 Å². The largest absolute Gasteiger partial charge is 0.379 e. The zero-order valence-electron chi connectivity index (χ0n) is 14.4. The molecule has 3 rings (SSSR count). The van der Waals surface area contributed by atoms with Gasteiger partial charge in [0.2, 0.25) is 0 Å². The summed E-state index contributed by atoms with van der Waals surface area (Å²) in [5.41, 5.74) is 1.12. The molecule has 134 valence electrons. The van der Waals surface area contributed by atoms with Gasteiger partial charge >= 0.3 is 6.03 Å². The van der Waals surface area contributed by atoms with E-state index in [4.69, 9.17) is 4.74 Å². The van der Waals surface area contributed by atoms with Gasteiger partial charge in [-0.1, -0.05) is 0 Å². The molecule has 0 aromatic carbocycles. The molecule has 2 N–H and O–H groups in total. The minimum atomic E-state index is 0.0881. The zero-order chi connectivity index (χ0) is 16.6. The number of carbonyl (C=O) groups is 1. The van der Waals surface area contributed by atoms with Gasteiger partial charge in [-0.3, -0.25) is 10.00 Å². The number of aromatic nitrogens is 2. The molecule has 7 nitrogen and oxygen atoms in total. The van der Waals surface area contributed by atoms with Crippen molar-refractivity contribution in [3.63, 3.8) is 0 Å². The predicted molar refractivity (Wildman–Crippen MR) is 91.9 cm³/mol. The molecule has 0 aliphatic carbocycles. The highest BCUT2D eigenvalue weighted by molar-refractivity contribution is 5.74. The van der Waals surface area contributed by atoms with Crippen LogP contribution in [-0.2, 0) is 11.2 Å². The summed E-state index contributed by atoms with van der Waals surface area (Å²) in [6, 6.07) is 0.459. The summed E-state index contributed by atoms with van der Waals surface area (Å²) >= 11 is 0. The van der Waals surface area contributed by atoms with Crippen LogP contribution in [0.5, 0.6) is 0 Å². The van der Waals surface area contributed by atoms with Gasteiger partial charge in [0.25, 0.3) is 0 Å². The maximum absolute atomic E-state index is 12.5. The molecule has 2 saturated heterocycles. The van der Waals surface area contributed by atoms with Crippen molar-refractivity contribution < 1.29 is 9.53 Å². The molecule has 1 aromatic heterocycles. The number of carbonyl (C=O) groups excluding carboxylic acids is 1. The number of morpholine rings is 1. The standard InChI is InChI=1S/C17H29N5O2/c23-17(18-6-4-15-13-19-20-14-15)22-7-2-1-3-16(22)5-8-21-9-11-24-12-10-21/h13-14,16H,1-12H2,(H,18,23)(H,19,20)/t16-/m1/s1. The SMILES string of the molecule is O=C(NCCc1cn[nH]c1)N1CCCC[C@@H]1CCN1CCOCC1. The summed E-state index contributed by atoms with van der Waals surface area (Å²) in [5, 5.41) is 9.80. The highest BCUT2D eigenvalue weighted by atomic mass is 16.5. The molecule has 1 aromatic rings. The van der Waals surface area contributed by atoms with Gasteiger partial charge in [0.1, 0.15) is 0 Å². The number of nitrogens with zero attached hydrogens (tertiary/aromatic N) is 3. The van der Waals surface area contributed by atoms with Crippen molar-refractivity contribution in [1.82, 2.24) is 25.3 Å². The average molecular weight is 335 g/mol. The Morgan fingerprint density at radius 3 is 3.00 bits per heavy atom. The Balaban J connectivity index is 1.43. The van der Waals surface area contributed by atoms with Crippen molar-refractivity contribution in [2.24, 2.45) is 0 Å². The third-order valence-electron chi connectivity index (χ3n) is 5.02. The van der Waals surface area contributed by atoms with Gasteiger partial charge in [0, 0.05) is 45.0 Å². The maximum atomic E-state index is 12.5. The number of amides is 2. The number of nitrogens with one attached hydrogen (secondary N) is 2. The molecule has 2 aliphatic rings. The van der Waals surface area contributed by atoms with E-state index in [1.807, 2.05) is 6.20 Å². The molecule has 24 heavy (non-hydrogen) atoms. The van der Waals surface area contributed by atoms with E-state index in [0.717, 1.165) is 70.6 Å². The van der Waals surface area contributed by atoms with Crippen LogP contribution in [0.4, 0.5) is 4.79 Å². The van der Waals surface area contributed by atoms with E-state index in [1.165, 1.54) is 6.42 Å². The molecule has 2 amide bonds. The Labute approximate surface area is 143 Å². The lowest BCUT2D eigenvalue weighted by molar-refractivity contribution is 0.0326. The maximum Gasteiger partial charge on any atom is 0.317 e. The topological polar surface area (TPSA) is 73.5 Å². The zero-order valence-corrected chi connectivity index (χ0v) is 14.4. The number of ether oxygens (including phenoxy) is 1. The molecule has 0 unspecified atom stereocenters. The molecule has 0 saturated carbocycles. The quantitative estimate of drug-likeness (QED) is 0.820. The number of hydrogen-bond acceptors (Lipinski definition) is 4. The van der Waals surface area contributed by atoms with Gasteiger partial charge in [0.05, 0.1) is 19.4 Å². The lowest BCUT2D eigenvalue weighted by Crippen LogP contribution is -2.50. The van der Waals surface area contributed by atoms with Gasteiger partial charge in [0.15, 0.2) is 0 Å². The van der Waals surface area contributed by atoms with Gasteiger partial charge in [-0.25, -0.2) is 4.79 Å². The molecule has 2 aliphatic heterocycles. The Hall–Kier alpha value is -1.60. The Morgan fingerprint density at radius 1 is 1.33 bits per heavy atom. The summed E-state index contributed by atoms with van der Waals surface area (Å²) in [5.74, 6) is 0. The van der Waals surface area contributed by atoms with Gasteiger partial charge in [-0.2, -0.15) is 5.10 Å². The monoisotopic (exact) mass is 335 g/mol. The highest BCUT2D eigenvalue weighted by Crippen LogP contribution is 2.20. The molecule has 2 fully saturated rings. The number of piperidine rings is 1. The van der Waals surface area contributed by atoms with E-state index in [2.05, 4.69) is 25.3 Å². The van der Waals surface area contributed by atoms with Crippen molar-refractivity contribution >= 4 is 6.03 Å². The van der Waals surface area contributed by atoms with Crippen molar-refractivity contribution in [3.8, 4) is 0 Å². The number of H-pyrrole nitrogens is 1. The second-order valence-corrected chi connectivity index (χ2v) is 6.67. The van der Waals surface area contributed by atoms with Crippen LogP contribution in [0.2, 0.25) is 0 Å². The van der Waals surface area contributed by atoms with Crippen LogP contribution >= 0.6 is 0 Å². The first-order valence-electron chi connectivity index (χ1n) is 9.15. The highest BCUT2D eigenvalue weighted by Gasteiger charge is 2.27. The van der Waals surface area contributed by atoms with Crippen molar-refractivity contribution in [2.75, 3.05) is 45.9 Å². The lowest BCUT2D eigenvalue weighted by Gasteiger charge is -2.37. The summed E-state index contributed by atoms with van der Waals surface area (Å²) < 4.78 is 5.40. The van der Waals surface area contributed by atoms with Crippen LogP contribution in [0.1, 0.15) is 31.2 Å². The number of likely N-dealkylation sites (tertiary alicyclic amines) is 1. The first kappa shape index (κ1) is 17.2. The average Bonchev–Trinajstić information content (AvgIpc) is 3.14. The second-order valence-electron chi connectivity index (χ2n) is 6.67. The summed E-state index contributed by atoms with van der Waals surface area (Å²) in [4.78, 5) is 17.1. The molecular weight excluding hydrogens is 306 g/mol. The Kier molecular flexibility index (Phi) is 6.48. The lowest BCUT2D eigenvalue weighted by atomic mass is 9.99. The van der Waals surface area contributed by atoms with Crippen LogP contribution in [0, 0.1) is 0 Å². The fourth-order valence-corrected chi connectivity index (χ4v) is 3.55. The van der Waals surface area contributed by atoms with Crippen molar-refractivity contribution in [1.29, 1.82) is 0 Å². The summed E-state index contributed by atoms with van der Waals surface area (Å²) in [7, 11) is 0. The van der Waals surface area contributed by atoms with E-state index in [-0.39, 0.29) is 6.03 Å². The molecular formula is C17H29N5O2. The second kappa shape index (κ2) is 9.03. The molecule has 0 spiro atoms. The molecule has 3 heterocycles. The van der Waals surface area contributed by atoms with E-state index in [0.29, 0.717) is 12.6 Å². The number of aromatic amines is 1. The number of urea groups is 1. The molecule has 1 atom stereocenters.